The standard InChI is InChI=1S/C19H24N2O6S/c1-19(2,3)27-18(26)20-7-4-11(5-8-20)10-21-12-6-9-28-15(12)13(17(24)25)14(22)16(21)23/h6,9,11,22H,4-5,7-8,10H2,1-3H3,(H,24,25). The van der Waals surface area contributed by atoms with E-state index in [1.165, 1.54) is 15.9 Å². The highest BCUT2D eigenvalue weighted by Gasteiger charge is 2.28. The Morgan fingerprint density at radius 2 is 1.93 bits per heavy atom. The first-order valence-electron chi connectivity index (χ1n) is 9.12. The van der Waals surface area contributed by atoms with Crippen LogP contribution in [0.5, 0.6) is 5.75 Å². The Morgan fingerprint density at radius 3 is 2.50 bits per heavy atom. The van der Waals surface area contributed by atoms with Crippen molar-refractivity contribution in [2.24, 2.45) is 5.92 Å². The molecule has 8 nitrogen and oxygen atoms in total. The van der Waals surface area contributed by atoms with Gasteiger partial charge in [-0.05, 0) is 51.0 Å². The van der Waals surface area contributed by atoms with E-state index in [1.54, 1.807) is 16.3 Å². The van der Waals surface area contributed by atoms with Gasteiger partial charge in [0, 0.05) is 19.6 Å². The van der Waals surface area contributed by atoms with Crippen LogP contribution in [-0.4, -0.2) is 50.4 Å². The number of thiophene rings is 1. The molecule has 0 spiro atoms. The number of carboxylic acids is 1. The van der Waals surface area contributed by atoms with Crippen LogP contribution in [0.15, 0.2) is 16.2 Å². The maximum absolute atomic E-state index is 12.6. The van der Waals surface area contributed by atoms with Crippen molar-refractivity contribution in [3.8, 4) is 5.75 Å². The van der Waals surface area contributed by atoms with Crippen molar-refractivity contribution in [2.75, 3.05) is 13.1 Å². The molecule has 2 N–H and O–H groups in total. The number of aromatic carboxylic acids is 1. The molecule has 0 bridgehead atoms. The lowest BCUT2D eigenvalue weighted by Crippen LogP contribution is -2.42. The van der Waals surface area contributed by atoms with E-state index in [9.17, 15) is 24.6 Å². The maximum Gasteiger partial charge on any atom is 0.410 e. The predicted octanol–water partition coefficient (Wildman–Crippen LogP) is 3.11. The number of ether oxygens (including phenoxy) is 1. The molecule has 0 atom stereocenters. The number of carbonyl (C=O) groups is 2. The molecule has 0 saturated carbocycles. The summed E-state index contributed by atoms with van der Waals surface area (Å²) in [5.74, 6) is -1.91. The molecule has 1 fully saturated rings. The van der Waals surface area contributed by atoms with Crippen LogP contribution in [0, 0.1) is 5.92 Å². The van der Waals surface area contributed by atoms with E-state index in [1.807, 2.05) is 20.8 Å². The number of hydrogen-bond acceptors (Lipinski definition) is 6. The molecule has 1 aliphatic heterocycles. The number of piperidine rings is 1. The third-order valence-corrected chi connectivity index (χ3v) is 5.69. The molecular weight excluding hydrogens is 384 g/mol. The van der Waals surface area contributed by atoms with Crippen LogP contribution in [0.2, 0.25) is 0 Å². The number of carbonyl (C=O) groups excluding carboxylic acids is 1. The minimum atomic E-state index is -1.32. The number of fused-ring (bicyclic) bond motifs is 1. The van der Waals surface area contributed by atoms with E-state index in [0.29, 0.717) is 42.7 Å². The van der Waals surface area contributed by atoms with Crippen molar-refractivity contribution in [3.05, 3.63) is 27.4 Å². The molecule has 3 rings (SSSR count). The van der Waals surface area contributed by atoms with Crippen LogP contribution in [-0.2, 0) is 11.3 Å². The van der Waals surface area contributed by atoms with Crippen molar-refractivity contribution < 1.29 is 24.5 Å². The molecule has 1 aliphatic rings. The first-order valence-corrected chi connectivity index (χ1v) is 10.0. The molecule has 152 valence electrons. The molecule has 1 amide bonds. The highest BCUT2D eigenvalue weighted by Crippen LogP contribution is 2.30. The Kier molecular flexibility index (Phi) is 5.38. The number of carboxylic acid groups (broad SMARTS) is 1. The van der Waals surface area contributed by atoms with Crippen LogP contribution in [0.3, 0.4) is 0 Å². The van der Waals surface area contributed by atoms with Gasteiger partial charge in [-0.25, -0.2) is 9.59 Å². The monoisotopic (exact) mass is 408 g/mol. The molecule has 2 aromatic rings. The molecule has 0 aromatic carbocycles. The average Bonchev–Trinajstić information content (AvgIpc) is 3.06. The quantitative estimate of drug-likeness (QED) is 0.808. The fraction of sp³-hybridized carbons (Fsp3) is 0.526. The molecule has 28 heavy (non-hydrogen) atoms. The van der Waals surface area contributed by atoms with Crippen LogP contribution in [0.1, 0.15) is 44.0 Å². The largest absolute Gasteiger partial charge is 0.502 e. The minimum absolute atomic E-state index is 0.134. The normalized spacial score (nSPS) is 15.8. The third-order valence-electron chi connectivity index (χ3n) is 4.77. The van der Waals surface area contributed by atoms with Gasteiger partial charge in [0.25, 0.3) is 5.56 Å². The smallest absolute Gasteiger partial charge is 0.410 e. The van der Waals surface area contributed by atoms with E-state index in [4.69, 9.17) is 4.74 Å². The summed E-state index contributed by atoms with van der Waals surface area (Å²) in [6.45, 7) is 6.89. The van der Waals surface area contributed by atoms with Crippen LogP contribution in [0.25, 0.3) is 10.2 Å². The van der Waals surface area contributed by atoms with Crippen molar-refractivity contribution >= 4 is 33.6 Å². The number of aromatic nitrogens is 1. The molecule has 2 aromatic heterocycles. The van der Waals surface area contributed by atoms with Crippen LogP contribution >= 0.6 is 11.3 Å². The average molecular weight is 408 g/mol. The second-order valence-corrected chi connectivity index (χ2v) is 8.91. The number of nitrogens with zero attached hydrogens (tertiary/aromatic N) is 2. The SMILES string of the molecule is CC(C)(C)OC(=O)N1CCC(Cn2c(=O)c(O)c(C(=O)O)c3sccc32)CC1. The summed E-state index contributed by atoms with van der Waals surface area (Å²) >= 11 is 1.18. The molecule has 0 aliphatic carbocycles. The third kappa shape index (κ3) is 3.99. The summed E-state index contributed by atoms with van der Waals surface area (Å²) < 4.78 is 7.22. The van der Waals surface area contributed by atoms with Gasteiger partial charge in [0.15, 0.2) is 5.75 Å². The van der Waals surface area contributed by atoms with E-state index >= 15 is 0 Å². The molecule has 9 heteroatoms. The zero-order chi connectivity index (χ0) is 20.6. The molecular formula is C19H24N2O6S. The summed E-state index contributed by atoms with van der Waals surface area (Å²) in [6, 6.07) is 1.70. The fourth-order valence-corrected chi connectivity index (χ4v) is 4.35. The summed E-state index contributed by atoms with van der Waals surface area (Å²) in [5.41, 5.74) is -1.07. The zero-order valence-corrected chi connectivity index (χ0v) is 16.9. The Morgan fingerprint density at radius 1 is 1.29 bits per heavy atom. The second kappa shape index (κ2) is 7.46. The highest BCUT2D eigenvalue weighted by molar-refractivity contribution is 7.17. The van der Waals surface area contributed by atoms with Gasteiger partial charge in [0.05, 0.1) is 10.2 Å². The van der Waals surface area contributed by atoms with Gasteiger partial charge in [0.2, 0.25) is 0 Å². The van der Waals surface area contributed by atoms with E-state index in [0.717, 1.165) is 0 Å². The predicted molar refractivity (Wildman–Crippen MR) is 105 cm³/mol. The number of rotatable bonds is 3. The number of aromatic hydroxyl groups is 1. The highest BCUT2D eigenvalue weighted by atomic mass is 32.1. The Balaban J connectivity index is 1.77. The van der Waals surface area contributed by atoms with Crippen molar-refractivity contribution in [2.45, 2.75) is 45.8 Å². The molecule has 0 unspecified atom stereocenters. The topological polar surface area (TPSA) is 109 Å². The van der Waals surface area contributed by atoms with Gasteiger partial charge in [-0.15, -0.1) is 11.3 Å². The second-order valence-electron chi connectivity index (χ2n) is 7.99. The number of hydrogen-bond donors (Lipinski definition) is 2. The maximum atomic E-state index is 12.6. The molecule has 3 heterocycles. The van der Waals surface area contributed by atoms with Crippen molar-refractivity contribution in [1.29, 1.82) is 0 Å². The first kappa shape index (κ1) is 20.2. The van der Waals surface area contributed by atoms with Crippen LogP contribution in [0.4, 0.5) is 4.79 Å². The Bertz CT molecular complexity index is 963. The lowest BCUT2D eigenvalue weighted by molar-refractivity contribution is 0.0178. The zero-order valence-electron chi connectivity index (χ0n) is 16.1. The van der Waals surface area contributed by atoms with Gasteiger partial charge in [-0.3, -0.25) is 4.79 Å². The van der Waals surface area contributed by atoms with Gasteiger partial charge in [-0.1, -0.05) is 0 Å². The van der Waals surface area contributed by atoms with Gasteiger partial charge < -0.3 is 24.4 Å². The van der Waals surface area contributed by atoms with Crippen molar-refractivity contribution in [1.82, 2.24) is 9.47 Å². The number of likely N-dealkylation sites (tertiary alicyclic amines) is 1. The summed E-state index contributed by atoms with van der Waals surface area (Å²) in [4.78, 5) is 37.9. The van der Waals surface area contributed by atoms with E-state index < -0.39 is 22.9 Å². The Hall–Kier alpha value is -2.55. The van der Waals surface area contributed by atoms with Gasteiger partial charge in [0.1, 0.15) is 11.2 Å². The molecule has 0 radical (unpaired) electrons. The van der Waals surface area contributed by atoms with E-state index in [-0.39, 0.29) is 17.6 Å². The van der Waals surface area contributed by atoms with Gasteiger partial charge in [-0.2, -0.15) is 0 Å². The minimum Gasteiger partial charge on any atom is -0.502 e. The number of pyridine rings is 1. The Labute approximate surface area is 166 Å². The lowest BCUT2D eigenvalue weighted by Gasteiger charge is -2.33. The lowest BCUT2D eigenvalue weighted by atomic mass is 9.96. The van der Waals surface area contributed by atoms with Crippen LogP contribution < -0.4 is 5.56 Å². The van der Waals surface area contributed by atoms with E-state index in [2.05, 4.69) is 0 Å². The first-order chi connectivity index (χ1) is 13.1. The molecule has 1 saturated heterocycles. The fourth-order valence-electron chi connectivity index (χ4n) is 3.42. The number of amides is 1. The summed E-state index contributed by atoms with van der Waals surface area (Å²) in [6.07, 6.45) is 1.05. The van der Waals surface area contributed by atoms with Crippen molar-refractivity contribution in [3.63, 3.8) is 0 Å². The summed E-state index contributed by atoms with van der Waals surface area (Å²) in [7, 11) is 0. The summed E-state index contributed by atoms with van der Waals surface area (Å²) in [5, 5.41) is 21.2. The van der Waals surface area contributed by atoms with Gasteiger partial charge >= 0.3 is 12.1 Å².